The molecule has 1 aromatic carbocycles. The number of hydrogen-bond donors (Lipinski definition) is 0. The third-order valence-corrected chi connectivity index (χ3v) is 4.26. The van der Waals surface area contributed by atoms with Crippen molar-refractivity contribution in [2.24, 2.45) is 0 Å². The van der Waals surface area contributed by atoms with Crippen molar-refractivity contribution in [2.75, 3.05) is 7.11 Å². The van der Waals surface area contributed by atoms with Crippen LogP contribution in [0.5, 0.6) is 5.75 Å². The summed E-state index contributed by atoms with van der Waals surface area (Å²) in [5, 5.41) is 0. The molecule has 0 unspecified atom stereocenters. The van der Waals surface area contributed by atoms with Crippen LogP contribution in [-0.4, -0.2) is 22.3 Å². The molecule has 4 nitrogen and oxygen atoms in total. The average molecular weight is 371 g/mol. The normalized spacial score (nSPS) is 11.3. The maximum atomic E-state index is 12.4. The zero-order valence-electron chi connectivity index (χ0n) is 12.8. The van der Waals surface area contributed by atoms with Gasteiger partial charge in [-0.2, -0.15) is 0 Å². The minimum Gasteiger partial charge on any atom is -0.497 e. The number of aryl methyl sites for hydroxylation is 1. The van der Waals surface area contributed by atoms with Gasteiger partial charge >= 0.3 is 0 Å². The number of nitrogens with zero attached hydrogens (tertiary/aromatic N) is 2. The molecule has 0 amide bonds. The average Bonchev–Trinajstić information content (AvgIpc) is 2.97. The Morgan fingerprint density at radius 1 is 1.35 bits per heavy atom. The van der Waals surface area contributed by atoms with Gasteiger partial charge in [0.25, 0.3) is 0 Å². The number of rotatable bonds is 4. The summed E-state index contributed by atoms with van der Waals surface area (Å²) in [6.07, 6.45) is 7.02. The van der Waals surface area contributed by atoms with Crippen LogP contribution in [0.25, 0.3) is 11.7 Å². The molecule has 116 valence electrons. The quantitative estimate of drug-likeness (QED) is 0.507. The zero-order chi connectivity index (χ0) is 16.4. The first-order valence-electron chi connectivity index (χ1n) is 7.09. The molecule has 0 spiro atoms. The van der Waals surface area contributed by atoms with E-state index >= 15 is 0 Å². The number of hydrogen-bond acceptors (Lipinski definition) is 3. The number of halogens is 1. The highest BCUT2D eigenvalue weighted by Crippen LogP contribution is 2.24. The highest BCUT2D eigenvalue weighted by Gasteiger charge is 2.09. The number of methoxy groups -OCH3 is 1. The van der Waals surface area contributed by atoms with E-state index < -0.39 is 0 Å². The van der Waals surface area contributed by atoms with Gasteiger partial charge in [0.05, 0.1) is 19.0 Å². The van der Waals surface area contributed by atoms with Gasteiger partial charge in [-0.15, -0.1) is 0 Å². The van der Waals surface area contributed by atoms with Gasteiger partial charge in [-0.1, -0.05) is 6.07 Å². The lowest BCUT2D eigenvalue weighted by Gasteiger charge is -2.04. The van der Waals surface area contributed by atoms with Gasteiger partial charge in [-0.3, -0.25) is 4.79 Å². The van der Waals surface area contributed by atoms with Crippen LogP contribution >= 0.6 is 15.9 Å². The molecule has 0 bridgehead atoms. The number of aromatic nitrogens is 2. The minimum absolute atomic E-state index is 0.0814. The van der Waals surface area contributed by atoms with Crippen LogP contribution in [0.4, 0.5) is 0 Å². The molecule has 0 saturated heterocycles. The molecule has 0 aliphatic rings. The molecule has 5 heteroatoms. The summed E-state index contributed by atoms with van der Waals surface area (Å²) in [5.41, 5.74) is 3.44. The SMILES string of the molecule is COc1ccc(C(=O)C=Cc2cnc3c(C)cccn23)c(Br)c1. The molecule has 0 aliphatic heterocycles. The highest BCUT2D eigenvalue weighted by atomic mass is 79.9. The van der Waals surface area contributed by atoms with E-state index in [1.807, 2.05) is 29.7 Å². The first kappa shape index (κ1) is 15.5. The van der Waals surface area contributed by atoms with E-state index in [0.717, 1.165) is 16.9 Å². The summed E-state index contributed by atoms with van der Waals surface area (Å²) in [4.78, 5) is 16.8. The van der Waals surface area contributed by atoms with Crippen LogP contribution in [0, 0.1) is 6.92 Å². The van der Waals surface area contributed by atoms with Gasteiger partial charge < -0.3 is 9.14 Å². The van der Waals surface area contributed by atoms with Crippen molar-refractivity contribution in [3.05, 3.63) is 70.1 Å². The fourth-order valence-electron chi connectivity index (χ4n) is 2.37. The Kier molecular flexibility index (Phi) is 4.30. The number of allylic oxidation sites excluding steroid dienone is 1. The Hall–Kier alpha value is -2.40. The molecule has 0 fully saturated rings. The zero-order valence-corrected chi connectivity index (χ0v) is 14.4. The lowest BCUT2D eigenvalue weighted by atomic mass is 10.1. The van der Waals surface area contributed by atoms with Crippen molar-refractivity contribution in [3.63, 3.8) is 0 Å². The second-order valence-corrected chi connectivity index (χ2v) is 5.97. The lowest BCUT2D eigenvalue weighted by molar-refractivity contribution is 0.104. The van der Waals surface area contributed by atoms with E-state index in [1.165, 1.54) is 0 Å². The Bertz CT molecular complexity index is 913. The van der Waals surface area contributed by atoms with Crippen molar-refractivity contribution in [3.8, 4) is 5.75 Å². The van der Waals surface area contributed by atoms with Crippen molar-refractivity contribution in [1.29, 1.82) is 0 Å². The monoisotopic (exact) mass is 370 g/mol. The summed E-state index contributed by atoms with van der Waals surface area (Å²) in [6, 6.07) is 9.26. The van der Waals surface area contributed by atoms with Gasteiger partial charge in [0.2, 0.25) is 0 Å². The largest absolute Gasteiger partial charge is 0.497 e. The molecule has 0 radical (unpaired) electrons. The predicted octanol–water partition coefficient (Wildman–Crippen LogP) is 4.31. The van der Waals surface area contributed by atoms with Crippen LogP contribution in [0.15, 0.2) is 53.3 Å². The lowest BCUT2D eigenvalue weighted by Crippen LogP contribution is -1.97. The topological polar surface area (TPSA) is 43.6 Å². The van der Waals surface area contributed by atoms with Crippen LogP contribution in [0.2, 0.25) is 0 Å². The molecule has 3 rings (SSSR count). The second kappa shape index (κ2) is 6.38. The maximum absolute atomic E-state index is 12.4. The number of ether oxygens (including phenoxy) is 1. The van der Waals surface area contributed by atoms with Gasteiger partial charge in [0, 0.05) is 16.2 Å². The molecule has 0 atom stereocenters. The van der Waals surface area contributed by atoms with E-state index in [9.17, 15) is 4.79 Å². The number of ketones is 1. The van der Waals surface area contributed by atoms with Crippen LogP contribution in [0.3, 0.4) is 0 Å². The molecule has 0 aliphatic carbocycles. The number of imidazole rings is 1. The fourth-order valence-corrected chi connectivity index (χ4v) is 2.92. The Labute approximate surface area is 142 Å². The molecule has 0 N–H and O–H groups in total. The van der Waals surface area contributed by atoms with E-state index in [-0.39, 0.29) is 5.78 Å². The van der Waals surface area contributed by atoms with Gasteiger partial charge in [0.15, 0.2) is 5.78 Å². The van der Waals surface area contributed by atoms with Gasteiger partial charge in [-0.25, -0.2) is 4.98 Å². The molecular formula is C18H15BrN2O2. The number of carbonyl (C=O) groups is 1. The number of pyridine rings is 1. The van der Waals surface area contributed by atoms with Gasteiger partial charge in [0.1, 0.15) is 11.4 Å². The number of fused-ring (bicyclic) bond motifs is 1. The first-order valence-corrected chi connectivity index (χ1v) is 7.88. The molecule has 23 heavy (non-hydrogen) atoms. The third kappa shape index (κ3) is 3.05. The number of carbonyl (C=O) groups excluding carboxylic acids is 1. The van der Waals surface area contributed by atoms with Crippen molar-refractivity contribution in [2.45, 2.75) is 6.92 Å². The maximum Gasteiger partial charge on any atom is 0.187 e. The van der Waals surface area contributed by atoms with E-state index in [2.05, 4.69) is 20.9 Å². The van der Waals surface area contributed by atoms with Crippen molar-refractivity contribution >= 4 is 33.4 Å². The Morgan fingerprint density at radius 2 is 2.17 bits per heavy atom. The van der Waals surface area contributed by atoms with Crippen LogP contribution in [0.1, 0.15) is 21.6 Å². The molecule has 2 aromatic heterocycles. The van der Waals surface area contributed by atoms with E-state index in [0.29, 0.717) is 15.8 Å². The number of benzene rings is 1. The van der Waals surface area contributed by atoms with Crippen LogP contribution in [-0.2, 0) is 0 Å². The highest BCUT2D eigenvalue weighted by molar-refractivity contribution is 9.10. The summed E-state index contributed by atoms with van der Waals surface area (Å²) in [5.74, 6) is 0.622. The van der Waals surface area contributed by atoms with E-state index in [1.54, 1.807) is 43.7 Å². The summed E-state index contributed by atoms with van der Waals surface area (Å²) >= 11 is 3.40. The third-order valence-electron chi connectivity index (χ3n) is 3.61. The smallest absolute Gasteiger partial charge is 0.187 e. The predicted molar refractivity (Wildman–Crippen MR) is 94.0 cm³/mol. The second-order valence-electron chi connectivity index (χ2n) is 5.11. The minimum atomic E-state index is -0.0814. The van der Waals surface area contributed by atoms with Crippen molar-refractivity contribution < 1.29 is 9.53 Å². The summed E-state index contributed by atoms with van der Waals surface area (Å²) < 4.78 is 7.81. The molecule has 3 aromatic rings. The Morgan fingerprint density at radius 3 is 2.91 bits per heavy atom. The Balaban J connectivity index is 1.90. The van der Waals surface area contributed by atoms with Crippen LogP contribution < -0.4 is 4.74 Å². The standard InChI is InChI=1S/C18H15BrN2O2/c1-12-4-3-9-21-13(11-20-18(12)21)5-8-17(22)15-7-6-14(23-2)10-16(15)19/h3-11H,1-2H3. The van der Waals surface area contributed by atoms with E-state index in [4.69, 9.17) is 4.74 Å². The van der Waals surface area contributed by atoms with Crippen molar-refractivity contribution in [1.82, 2.24) is 9.38 Å². The summed E-state index contributed by atoms with van der Waals surface area (Å²) in [6.45, 7) is 2.01. The summed E-state index contributed by atoms with van der Waals surface area (Å²) in [7, 11) is 1.59. The molecular weight excluding hydrogens is 356 g/mol. The van der Waals surface area contributed by atoms with Gasteiger partial charge in [-0.05, 0) is 64.8 Å². The fraction of sp³-hybridized carbons (Fsp3) is 0.111. The molecule has 2 heterocycles. The molecule has 0 saturated carbocycles. The first-order chi connectivity index (χ1) is 11.1.